The number of ketones is 2. The number of esters is 2. The van der Waals surface area contributed by atoms with Gasteiger partial charge in [-0.3, -0.25) is 24.2 Å². The number of carbonyl (C=O) groups excluding carboxylic acids is 4. The summed E-state index contributed by atoms with van der Waals surface area (Å²) in [6.45, 7) is 17.8. The quantitative estimate of drug-likeness (QED) is 0.185. The molecule has 5 aliphatic rings. The molecule has 0 radical (unpaired) electrons. The van der Waals surface area contributed by atoms with Crippen LogP contribution in [0.4, 0.5) is 0 Å². The van der Waals surface area contributed by atoms with E-state index in [9.17, 15) is 19.2 Å². The van der Waals surface area contributed by atoms with E-state index in [0.29, 0.717) is 50.0 Å². The third-order valence-electron chi connectivity index (χ3n) is 7.37. The molecule has 1 atom stereocenters. The first-order valence-corrected chi connectivity index (χ1v) is 17.4. The average molecular weight is 680 g/mol. The Morgan fingerprint density at radius 3 is 1.85 bits per heavy atom. The Balaban J connectivity index is -0.000000546. The zero-order valence-corrected chi connectivity index (χ0v) is 32.5. The van der Waals surface area contributed by atoms with Crippen LogP contribution in [0.25, 0.3) is 0 Å². The molecule has 11 nitrogen and oxygen atoms in total. The maximum atomic E-state index is 11.2. The van der Waals surface area contributed by atoms with Crippen molar-refractivity contribution in [3.8, 4) is 0 Å². The molecule has 12 heteroatoms. The molecule has 2 heterocycles. The van der Waals surface area contributed by atoms with E-state index in [2.05, 4.69) is 28.0 Å². The molecule has 1 unspecified atom stereocenters. The largest absolute Gasteiger partial charge is 1.00 e. The topological polar surface area (TPSA) is 149 Å². The number of aliphatic hydroxyl groups excluding tert-OH is 1. The molecule has 5 rings (SSSR count). The van der Waals surface area contributed by atoms with Crippen molar-refractivity contribution in [3.63, 3.8) is 0 Å². The van der Waals surface area contributed by atoms with Gasteiger partial charge in [0.1, 0.15) is 11.6 Å². The predicted molar refractivity (Wildman–Crippen MR) is 183 cm³/mol. The Kier molecular flexibility index (Phi) is 31.5. The molecule has 2 aliphatic heterocycles. The van der Waals surface area contributed by atoms with Crippen LogP contribution in [0.2, 0.25) is 0 Å². The Labute approximate surface area is 308 Å². The van der Waals surface area contributed by atoms with Crippen LogP contribution in [0.5, 0.6) is 0 Å². The van der Waals surface area contributed by atoms with Crippen molar-refractivity contribution in [1.29, 1.82) is 0 Å². The molecular formula is C35H66N3NaO8. The van der Waals surface area contributed by atoms with Crippen LogP contribution < -0.4 is 35.3 Å². The van der Waals surface area contributed by atoms with Crippen LogP contribution >= 0.6 is 0 Å². The average Bonchev–Trinajstić information content (AvgIpc) is 3.91. The third kappa shape index (κ3) is 31.8. The van der Waals surface area contributed by atoms with Crippen molar-refractivity contribution in [3.05, 3.63) is 12.7 Å². The van der Waals surface area contributed by atoms with Crippen molar-refractivity contribution < 1.29 is 69.5 Å². The van der Waals surface area contributed by atoms with E-state index in [-0.39, 0.29) is 55.3 Å². The molecule has 0 bridgehead atoms. The fourth-order valence-electron chi connectivity index (χ4n) is 4.30. The van der Waals surface area contributed by atoms with E-state index in [4.69, 9.17) is 20.3 Å². The summed E-state index contributed by atoms with van der Waals surface area (Å²) >= 11 is 0. The Hall–Kier alpha value is -1.18. The predicted octanol–water partition coefficient (Wildman–Crippen LogP) is 1.34. The summed E-state index contributed by atoms with van der Waals surface area (Å²) in [5.74, 6) is 0.164. The monoisotopic (exact) mass is 679 g/mol. The number of rotatable bonds is 11. The normalized spacial score (nSPS) is 19.5. The Morgan fingerprint density at radius 1 is 1.00 bits per heavy atom. The molecule has 270 valence electrons. The van der Waals surface area contributed by atoms with Crippen LogP contribution in [0.1, 0.15) is 113 Å². The molecule has 2 saturated heterocycles. The second kappa shape index (κ2) is 30.8. The first-order chi connectivity index (χ1) is 22.0. The van der Waals surface area contributed by atoms with Gasteiger partial charge in [-0.15, -0.1) is 0 Å². The Morgan fingerprint density at radius 2 is 1.53 bits per heavy atom. The van der Waals surface area contributed by atoms with Gasteiger partial charge in [0.2, 0.25) is 0 Å². The maximum absolute atomic E-state index is 11.2. The summed E-state index contributed by atoms with van der Waals surface area (Å²) in [5, 5.41) is 7.57. The van der Waals surface area contributed by atoms with Gasteiger partial charge in [-0.1, -0.05) is 6.58 Å². The number of ether oxygens (including phenoxy) is 3. The molecule has 5 fully saturated rings. The molecular weight excluding hydrogens is 613 g/mol. The molecule has 0 aromatic rings. The number of Topliss-reactive ketones (excluding diaryl/α,β-unsaturated/α-hetero) is 2. The van der Waals surface area contributed by atoms with E-state index < -0.39 is 0 Å². The number of nitrogens with zero attached hydrogens (tertiary/aromatic N) is 2. The van der Waals surface area contributed by atoms with E-state index in [1.165, 1.54) is 51.4 Å². The van der Waals surface area contributed by atoms with Crippen molar-refractivity contribution in [2.24, 2.45) is 5.73 Å². The summed E-state index contributed by atoms with van der Waals surface area (Å²) in [6, 6.07) is 2.03. The fourth-order valence-corrected chi connectivity index (χ4v) is 4.30. The van der Waals surface area contributed by atoms with Gasteiger partial charge in [-0.25, -0.2) is 4.79 Å². The first kappa shape index (κ1) is 47.9. The van der Waals surface area contributed by atoms with Crippen LogP contribution in [-0.2, 0) is 33.4 Å². The summed E-state index contributed by atoms with van der Waals surface area (Å²) in [5.41, 5.74) is 5.22. The first-order valence-electron chi connectivity index (χ1n) is 17.4. The van der Waals surface area contributed by atoms with Gasteiger partial charge < -0.3 is 26.5 Å². The molecule has 0 aromatic carbocycles. The van der Waals surface area contributed by atoms with Gasteiger partial charge in [0.25, 0.3) is 0 Å². The van der Waals surface area contributed by atoms with Crippen LogP contribution in [0, 0.1) is 0 Å². The molecule has 3 saturated carbocycles. The molecule has 0 spiro atoms. The molecule has 47 heavy (non-hydrogen) atoms. The molecule has 3 N–H and O–H groups in total. The molecule has 0 aromatic heterocycles. The van der Waals surface area contributed by atoms with Gasteiger partial charge in [-0.05, 0) is 86.0 Å². The number of carbonyl (C=O) groups is 4. The maximum Gasteiger partial charge on any atom is 1.00 e. The minimum atomic E-state index is -0.359. The second-order valence-corrected chi connectivity index (χ2v) is 12.0. The van der Waals surface area contributed by atoms with Gasteiger partial charge >= 0.3 is 41.5 Å². The van der Waals surface area contributed by atoms with Crippen molar-refractivity contribution >= 4 is 23.5 Å². The van der Waals surface area contributed by atoms with Gasteiger partial charge in [0, 0.05) is 82.9 Å². The van der Waals surface area contributed by atoms with Crippen molar-refractivity contribution in [2.45, 2.75) is 136 Å². The van der Waals surface area contributed by atoms with Crippen LogP contribution in [0.3, 0.4) is 0 Å². The summed E-state index contributed by atoms with van der Waals surface area (Å²) in [7, 11) is 0. The fraction of sp³-hybridized carbons (Fsp3) is 0.829. The number of aliphatic hydroxyl groups is 1. The van der Waals surface area contributed by atoms with Crippen molar-refractivity contribution in [2.75, 3.05) is 52.6 Å². The number of piperidine rings is 1. The zero-order valence-electron chi connectivity index (χ0n) is 31.5. The number of hydrogen-bond donors (Lipinski definition) is 2. The summed E-state index contributed by atoms with van der Waals surface area (Å²) < 4.78 is 14.5. The van der Waals surface area contributed by atoms with Gasteiger partial charge in [0.15, 0.2) is 0 Å². The van der Waals surface area contributed by atoms with Crippen LogP contribution in [0.15, 0.2) is 12.7 Å². The second-order valence-electron chi connectivity index (χ2n) is 12.0. The van der Waals surface area contributed by atoms with Crippen LogP contribution in [-0.4, -0.2) is 115 Å². The standard InChI is InChI=1S/C12H21NO3.C8H13NO.C5H8O2.C5H10O.C3H7N.C2H6O.Na.H/c1-3-16-12(15)7-9-13(11-4-5-11)8-6-10(2)14;10-8-3-5-9(6-4-8)7-1-2-7;1-3-5(6)7-4-2;1-5-3-2-4-6-5;4-3-1-2-3;1-2-3;;/h11H,3-9H2,1-2H3;7H,1-6H2;3H,1,4H2,2H3;5H,2-4H2,1H3;3H,1-2,4H2;3H,2H2,1H3;;/q;;;;;;+1;-1. The number of nitrogens with two attached hydrogens (primary N) is 1. The smallest absolute Gasteiger partial charge is 1.00 e. The van der Waals surface area contributed by atoms with Crippen molar-refractivity contribution in [1.82, 2.24) is 9.80 Å². The summed E-state index contributed by atoms with van der Waals surface area (Å²) in [6.07, 6.45) is 14.5. The number of hydrogen-bond acceptors (Lipinski definition) is 11. The minimum Gasteiger partial charge on any atom is -1.00 e. The third-order valence-corrected chi connectivity index (χ3v) is 7.37. The zero-order chi connectivity index (χ0) is 34.7. The van der Waals surface area contributed by atoms with E-state index >= 15 is 0 Å². The number of likely N-dealkylation sites (tertiary alicyclic amines) is 1. The molecule has 3 aliphatic carbocycles. The van der Waals surface area contributed by atoms with Gasteiger partial charge in [0.05, 0.1) is 25.7 Å². The molecule has 0 amide bonds. The summed E-state index contributed by atoms with van der Waals surface area (Å²) in [4.78, 5) is 47.7. The van der Waals surface area contributed by atoms with E-state index in [0.717, 1.165) is 57.7 Å². The van der Waals surface area contributed by atoms with Gasteiger partial charge in [-0.2, -0.15) is 0 Å². The van der Waals surface area contributed by atoms with E-state index in [1.54, 1.807) is 20.8 Å². The Bertz CT molecular complexity index is 842. The minimum absolute atomic E-state index is 0. The SMILES string of the molecule is C=CC(=O)OCC.CC1CCCO1.CCO.CCOC(=O)CCN(CCC(C)=O)C1CC1.NC1CC1.O=C1CCN(C2CC2)CC1.[H-].[Na+]. The van der Waals surface area contributed by atoms with E-state index in [1.807, 2.05) is 6.92 Å².